The smallest absolute Gasteiger partial charge is 0.157 e. The second-order valence-corrected chi connectivity index (χ2v) is 5.33. The molecule has 92 valence electrons. The number of nitrogens with one attached hydrogen (secondary N) is 1. The molecule has 5 heteroatoms. The van der Waals surface area contributed by atoms with E-state index in [1.807, 2.05) is 7.05 Å². The first kappa shape index (κ1) is 11.1. The number of hydrogen-bond donors (Lipinski definition) is 1. The van der Waals surface area contributed by atoms with Crippen molar-refractivity contribution in [2.24, 2.45) is 11.8 Å². The molecule has 3 rings (SSSR count). The number of anilines is 2. The molecule has 0 amide bonds. The fourth-order valence-electron chi connectivity index (χ4n) is 3.22. The summed E-state index contributed by atoms with van der Waals surface area (Å²) in [6.07, 6.45) is 5.68. The van der Waals surface area contributed by atoms with Crippen LogP contribution in [0.15, 0.2) is 6.33 Å². The Kier molecular flexibility index (Phi) is 2.82. The molecule has 1 saturated carbocycles. The highest BCUT2D eigenvalue weighted by Crippen LogP contribution is 2.41. The minimum absolute atomic E-state index is 0.509. The molecule has 2 atom stereocenters. The first-order valence-electron chi connectivity index (χ1n) is 6.22. The van der Waals surface area contributed by atoms with Gasteiger partial charge in [-0.3, -0.25) is 0 Å². The van der Waals surface area contributed by atoms with E-state index in [2.05, 4.69) is 20.2 Å². The Morgan fingerprint density at radius 2 is 2.00 bits per heavy atom. The van der Waals surface area contributed by atoms with Gasteiger partial charge in [-0.2, -0.15) is 0 Å². The third kappa shape index (κ3) is 1.84. The van der Waals surface area contributed by atoms with Crippen LogP contribution in [0.2, 0.25) is 5.15 Å². The number of rotatable bonds is 2. The average molecular weight is 253 g/mol. The van der Waals surface area contributed by atoms with Crippen LogP contribution >= 0.6 is 11.6 Å². The lowest BCUT2D eigenvalue weighted by atomic mass is 10.0. The van der Waals surface area contributed by atoms with E-state index in [9.17, 15) is 0 Å². The van der Waals surface area contributed by atoms with Crippen LogP contribution in [0.1, 0.15) is 19.3 Å². The summed E-state index contributed by atoms with van der Waals surface area (Å²) in [7, 11) is 1.87. The van der Waals surface area contributed by atoms with E-state index in [4.69, 9.17) is 11.6 Å². The van der Waals surface area contributed by atoms with E-state index in [0.29, 0.717) is 5.15 Å². The Labute approximate surface area is 106 Å². The number of aromatic nitrogens is 2. The van der Waals surface area contributed by atoms with Gasteiger partial charge >= 0.3 is 0 Å². The normalized spacial score (nSPS) is 27.3. The second kappa shape index (κ2) is 4.33. The molecule has 2 fully saturated rings. The quantitative estimate of drug-likeness (QED) is 0.821. The van der Waals surface area contributed by atoms with E-state index >= 15 is 0 Å². The summed E-state index contributed by atoms with van der Waals surface area (Å²) in [5, 5.41) is 3.62. The molecule has 0 spiro atoms. The van der Waals surface area contributed by atoms with Crippen LogP contribution < -0.4 is 10.2 Å². The van der Waals surface area contributed by atoms with E-state index < -0.39 is 0 Å². The molecule has 2 heterocycles. The van der Waals surface area contributed by atoms with Gasteiger partial charge < -0.3 is 10.2 Å². The van der Waals surface area contributed by atoms with Crippen molar-refractivity contribution in [2.45, 2.75) is 19.3 Å². The molecule has 4 nitrogen and oxygen atoms in total. The van der Waals surface area contributed by atoms with Gasteiger partial charge in [-0.05, 0) is 24.7 Å². The third-order valence-corrected chi connectivity index (χ3v) is 4.34. The van der Waals surface area contributed by atoms with E-state index in [1.54, 1.807) is 6.33 Å². The highest BCUT2D eigenvalue weighted by atomic mass is 35.5. The van der Waals surface area contributed by atoms with Crippen LogP contribution in [0.4, 0.5) is 11.5 Å². The third-order valence-electron chi connectivity index (χ3n) is 4.06. The van der Waals surface area contributed by atoms with Crippen molar-refractivity contribution >= 4 is 23.1 Å². The van der Waals surface area contributed by atoms with Gasteiger partial charge in [0.25, 0.3) is 0 Å². The van der Waals surface area contributed by atoms with Crippen LogP contribution in [0, 0.1) is 11.8 Å². The summed E-state index contributed by atoms with van der Waals surface area (Å²) < 4.78 is 0. The Morgan fingerprint density at radius 1 is 1.29 bits per heavy atom. The molecule has 2 aliphatic rings. The predicted octanol–water partition coefficient (Wildman–Crippen LogP) is 2.41. The molecule has 0 bridgehead atoms. The molecule has 1 aliphatic carbocycles. The van der Waals surface area contributed by atoms with Gasteiger partial charge in [0.15, 0.2) is 11.0 Å². The van der Waals surface area contributed by atoms with Crippen molar-refractivity contribution in [1.29, 1.82) is 0 Å². The van der Waals surface area contributed by atoms with Gasteiger partial charge in [0.2, 0.25) is 0 Å². The van der Waals surface area contributed by atoms with Crippen molar-refractivity contribution in [1.82, 2.24) is 9.97 Å². The van der Waals surface area contributed by atoms with E-state index in [1.165, 1.54) is 19.3 Å². The van der Waals surface area contributed by atoms with Gasteiger partial charge in [-0.15, -0.1) is 0 Å². The van der Waals surface area contributed by atoms with E-state index in [0.717, 1.165) is 36.4 Å². The highest BCUT2D eigenvalue weighted by Gasteiger charge is 2.37. The summed E-state index contributed by atoms with van der Waals surface area (Å²) in [4.78, 5) is 10.8. The van der Waals surface area contributed by atoms with Gasteiger partial charge in [0.1, 0.15) is 12.0 Å². The lowest BCUT2D eigenvalue weighted by Crippen LogP contribution is -2.23. The summed E-state index contributed by atoms with van der Waals surface area (Å²) in [5.41, 5.74) is 0.856. The molecule has 0 aromatic carbocycles. The number of hydrogen-bond acceptors (Lipinski definition) is 4. The number of fused-ring (bicyclic) bond motifs is 1. The molecule has 0 radical (unpaired) electrons. The summed E-state index contributed by atoms with van der Waals surface area (Å²) >= 11 is 6.09. The summed E-state index contributed by atoms with van der Waals surface area (Å²) in [6, 6.07) is 0. The maximum absolute atomic E-state index is 6.09. The fraction of sp³-hybridized carbons (Fsp3) is 0.667. The van der Waals surface area contributed by atoms with Crippen molar-refractivity contribution in [3.8, 4) is 0 Å². The summed E-state index contributed by atoms with van der Waals surface area (Å²) in [6.45, 7) is 2.24. The standard InChI is InChI=1S/C12H17ClN4/c1-14-10-11(13)15-7-16-12(10)17-5-8-3-2-4-9(8)6-17/h7-9,14H,2-6H2,1H3. The second-order valence-electron chi connectivity index (χ2n) is 4.97. The largest absolute Gasteiger partial charge is 0.383 e. The molecular weight excluding hydrogens is 236 g/mol. The van der Waals surface area contributed by atoms with Crippen molar-refractivity contribution in [2.75, 3.05) is 30.4 Å². The lowest BCUT2D eigenvalue weighted by molar-refractivity contribution is 0.494. The zero-order valence-corrected chi connectivity index (χ0v) is 10.7. The van der Waals surface area contributed by atoms with Crippen molar-refractivity contribution < 1.29 is 0 Å². The summed E-state index contributed by atoms with van der Waals surface area (Å²) in [5.74, 6) is 2.67. The topological polar surface area (TPSA) is 41.1 Å². The van der Waals surface area contributed by atoms with Crippen molar-refractivity contribution in [3.63, 3.8) is 0 Å². The average Bonchev–Trinajstić information content (AvgIpc) is 2.88. The molecule has 1 saturated heterocycles. The molecule has 1 N–H and O–H groups in total. The maximum atomic E-state index is 6.09. The monoisotopic (exact) mass is 252 g/mol. The maximum Gasteiger partial charge on any atom is 0.157 e. The zero-order valence-electron chi connectivity index (χ0n) is 9.99. The SMILES string of the molecule is CNc1c(Cl)ncnc1N1CC2CCCC2C1. The van der Waals surface area contributed by atoms with Crippen LogP contribution in [0.25, 0.3) is 0 Å². The molecule has 1 aromatic heterocycles. The van der Waals surface area contributed by atoms with Crippen molar-refractivity contribution in [3.05, 3.63) is 11.5 Å². The predicted molar refractivity (Wildman–Crippen MR) is 69.6 cm³/mol. The first-order chi connectivity index (χ1) is 8.29. The van der Waals surface area contributed by atoms with Crippen LogP contribution in [-0.4, -0.2) is 30.1 Å². The molecule has 2 unspecified atom stereocenters. The highest BCUT2D eigenvalue weighted by molar-refractivity contribution is 6.32. The Hall–Kier alpha value is -1.03. The minimum atomic E-state index is 0.509. The number of halogens is 1. The number of nitrogens with zero attached hydrogens (tertiary/aromatic N) is 3. The molecule has 17 heavy (non-hydrogen) atoms. The lowest BCUT2D eigenvalue weighted by Gasteiger charge is -2.21. The van der Waals surface area contributed by atoms with Gasteiger partial charge in [-0.25, -0.2) is 9.97 Å². The minimum Gasteiger partial charge on any atom is -0.383 e. The zero-order chi connectivity index (χ0) is 11.8. The van der Waals surface area contributed by atoms with Crippen LogP contribution in [-0.2, 0) is 0 Å². The Bertz CT molecular complexity index is 411. The Morgan fingerprint density at radius 3 is 2.65 bits per heavy atom. The van der Waals surface area contributed by atoms with Crippen LogP contribution in [0.3, 0.4) is 0 Å². The molecular formula is C12H17ClN4. The molecule has 1 aliphatic heterocycles. The van der Waals surface area contributed by atoms with Crippen LogP contribution in [0.5, 0.6) is 0 Å². The first-order valence-corrected chi connectivity index (χ1v) is 6.60. The van der Waals surface area contributed by atoms with E-state index in [-0.39, 0.29) is 0 Å². The van der Waals surface area contributed by atoms with Gasteiger partial charge in [0, 0.05) is 20.1 Å². The molecule has 1 aromatic rings. The fourth-order valence-corrected chi connectivity index (χ4v) is 3.44. The van der Waals surface area contributed by atoms with Gasteiger partial charge in [0.05, 0.1) is 0 Å². The van der Waals surface area contributed by atoms with Gasteiger partial charge in [-0.1, -0.05) is 18.0 Å². The Balaban J connectivity index is 1.88.